The van der Waals surface area contributed by atoms with E-state index in [1.165, 1.54) is 0 Å². The maximum atomic E-state index is 10.7. The fourth-order valence-corrected chi connectivity index (χ4v) is 4.23. The van der Waals surface area contributed by atoms with Gasteiger partial charge < -0.3 is 80.9 Å². The van der Waals surface area contributed by atoms with Crippen LogP contribution in [-0.2, 0) is 18.9 Å². The van der Waals surface area contributed by atoms with Gasteiger partial charge in [0.15, 0.2) is 12.6 Å². The molecular formula is C18H33NO15. The second-order valence-corrected chi connectivity index (χ2v) is 8.65. The Balaban J connectivity index is 1.72. The molecule has 2 heterocycles. The van der Waals surface area contributed by atoms with Gasteiger partial charge in [-0.25, -0.2) is 0 Å². The summed E-state index contributed by atoms with van der Waals surface area (Å²) in [6, 6.07) is -1.47. The SMILES string of the molecule is N[C@H]1[C@@H](OC2[C@@H](O)[C@H](O)C(O)[C@@H](O)[C@H]2O)O[C@H](CO)[C@@H](O[C@H]2O[C@H](CO)[C@H](O)[C@H](O)[C@H]2O)[C@@H]1O. The van der Waals surface area contributed by atoms with Crippen molar-refractivity contribution in [3.63, 3.8) is 0 Å². The van der Waals surface area contributed by atoms with E-state index < -0.39 is 111 Å². The largest absolute Gasteiger partial charge is 0.394 e. The second kappa shape index (κ2) is 11.2. The first kappa shape index (κ1) is 27.9. The summed E-state index contributed by atoms with van der Waals surface area (Å²) in [6.45, 7) is -1.53. The van der Waals surface area contributed by atoms with E-state index in [-0.39, 0.29) is 0 Å². The summed E-state index contributed by atoms with van der Waals surface area (Å²) >= 11 is 0. The van der Waals surface area contributed by atoms with Crippen LogP contribution < -0.4 is 5.73 Å². The van der Waals surface area contributed by atoms with Crippen LogP contribution in [0.3, 0.4) is 0 Å². The molecule has 0 aromatic rings. The van der Waals surface area contributed by atoms with Gasteiger partial charge in [0.25, 0.3) is 0 Å². The molecule has 0 aromatic heterocycles. The molecule has 200 valence electrons. The van der Waals surface area contributed by atoms with Crippen LogP contribution in [0.1, 0.15) is 0 Å². The predicted molar refractivity (Wildman–Crippen MR) is 103 cm³/mol. The highest BCUT2D eigenvalue weighted by atomic mass is 16.7. The zero-order valence-electron chi connectivity index (χ0n) is 17.8. The van der Waals surface area contributed by atoms with E-state index in [4.69, 9.17) is 24.7 Å². The molecule has 3 fully saturated rings. The smallest absolute Gasteiger partial charge is 0.187 e. The monoisotopic (exact) mass is 503 g/mol. The first-order chi connectivity index (χ1) is 15.9. The zero-order chi connectivity index (χ0) is 25.5. The number of rotatable bonds is 6. The average molecular weight is 503 g/mol. The number of ether oxygens (including phenoxy) is 4. The van der Waals surface area contributed by atoms with Crippen molar-refractivity contribution >= 4 is 0 Å². The summed E-state index contributed by atoms with van der Waals surface area (Å²) in [5, 5.41) is 109. The minimum absolute atomic E-state index is 0.730. The van der Waals surface area contributed by atoms with E-state index in [0.29, 0.717) is 0 Å². The van der Waals surface area contributed by atoms with E-state index in [1.807, 2.05) is 0 Å². The molecule has 34 heavy (non-hydrogen) atoms. The maximum absolute atomic E-state index is 10.7. The predicted octanol–water partition coefficient (Wildman–Crippen LogP) is -8.22. The Labute approximate surface area is 192 Å². The number of hydrogen-bond donors (Lipinski definition) is 12. The molecule has 16 atom stereocenters. The van der Waals surface area contributed by atoms with Gasteiger partial charge in [-0.3, -0.25) is 0 Å². The van der Waals surface area contributed by atoms with Gasteiger partial charge in [-0.2, -0.15) is 0 Å². The third-order valence-electron chi connectivity index (χ3n) is 6.40. The Kier molecular flexibility index (Phi) is 9.18. The van der Waals surface area contributed by atoms with Gasteiger partial charge in [0.05, 0.1) is 19.3 Å². The summed E-state index contributed by atoms with van der Waals surface area (Å²) in [5.41, 5.74) is 5.95. The van der Waals surface area contributed by atoms with Crippen LogP contribution in [0.5, 0.6) is 0 Å². The Hall–Kier alpha value is -0.640. The van der Waals surface area contributed by atoms with Crippen molar-refractivity contribution in [1.29, 1.82) is 0 Å². The number of nitrogens with two attached hydrogens (primary N) is 1. The highest BCUT2D eigenvalue weighted by Gasteiger charge is 2.54. The Bertz CT molecular complexity index is 641. The van der Waals surface area contributed by atoms with Crippen LogP contribution >= 0.6 is 0 Å². The molecule has 2 saturated heterocycles. The normalized spacial score (nSPS) is 54.7. The minimum atomic E-state index is -1.89. The Morgan fingerprint density at radius 3 is 1.47 bits per heavy atom. The van der Waals surface area contributed by atoms with Crippen LogP contribution in [0.2, 0.25) is 0 Å². The van der Waals surface area contributed by atoms with E-state index in [1.54, 1.807) is 0 Å². The minimum Gasteiger partial charge on any atom is -0.394 e. The van der Waals surface area contributed by atoms with Crippen LogP contribution in [0.4, 0.5) is 0 Å². The van der Waals surface area contributed by atoms with Crippen molar-refractivity contribution in [3.8, 4) is 0 Å². The first-order valence-corrected chi connectivity index (χ1v) is 10.7. The Morgan fingerprint density at radius 1 is 0.500 bits per heavy atom. The van der Waals surface area contributed by atoms with Gasteiger partial charge in [-0.1, -0.05) is 0 Å². The van der Waals surface area contributed by atoms with Crippen LogP contribution in [0.15, 0.2) is 0 Å². The lowest BCUT2D eigenvalue weighted by Crippen LogP contribution is -2.69. The van der Waals surface area contributed by atoms with Gasteiger partial charge in [0, 0.05) is 0 Å². The molecular weight excluding hydrogens is 470 g/mol. The topological polar surface area (TPSA) is 285 Å². The first-order valence-electron chi connectivity index (χ1n) is 10.7. The lowest BCUT2D eigenvalue weighted by atomic mass is 9.84. The molecule has 13 N–H and O–H groups in total. The van der Waals surface area contributed by atoms with Crippen molar-refractivity contribution < 1.29 is 75.1 Å². The second-order valence-electron chi connectivity index (χ2n) is 8.65. The maximum Gasteiger partial charge on any atom is 0.187 e. The van der Waals surface area contributed by atoms with Crippen molar-refractivity contribution in [3.05, 3.63) is 0 Å². The fourth-order valence-electron chi connectivity index (χ4n) is 4.23. The molecule has 2 aliphatic heterocycles. The van der Waals surface area contributed by atoms with Gasteiger partial charge in [-0.15, -0.1) is 0 Å². The molecule has 16 heteroatoms. The number of aliphatic hydroxyl groups excluding tert-OH is 11. The fraction of sp³-hybridized carbons (Fsp3) is 1.00. The van der Waals surface area contributed by atoms with Gasteiger partial charge in [0.2, 0.25) is 0 Å². The van der Waals surface area contributed by atoms with Gasteiger partial charge in [-0.05, 0) is 0 Å². The van der Waals surface area contributed by atoms with Crippen LogP contribution in [-0.4, -0.2) is 167 Å². The van der Waals surface area contributed by atoms with E-state index >= 15 is 0 Å². The van der Waals surface area contributed by atoms with Gasteiger partial charge in [0.1, 0.15) is 79.4 Å². The van der Waals surface area contributed by atoms with Crippen LogP contribution in [0.25, 0.3) is 0 Å². The highest BCUT2D eigenvalue weighted by Crippen LogP contribution is 2.31. The molecule has 0 spiro atoms. The number of aliphatic hydroxyl groups is 11. The summed E-state index contributed by atoms with van der Waals surface area (Å²) in [5.74, 6) is 0. The standard InChI is InChI=1S/C18H33NO15/c19-5-7(23)15(33-18-14(30)8(24)6(22)3(1-20)31-18)4(2-21)32-17(5)34-16-12(28)10(26)9(25)11(27)13(16)29/h3-18,20-30H,1-2,19H2/t3-,4-,5-,6+,7-,8+,9?,10-,11-,12-,13+,14-,15-,16?,17-,18-/m1/s1. The van der Waals surface area contributed by atoms with E-state index in [2.05, 4.69) is 0 Å². The van der Waals surface area contributed by atoms with Crippen LogP contribution in [0, 0.1) is 0 Å². The molecule has 3 aliphatic rings. The van der Waals surface area contributed by atoms with E-state index in [9.17, 15) is 56.2 Å². The molecule has 0 radical (unpaired) electrons. The molecule has 16 nitrogen and oxygen atoms in total. The summed E-state index contributed by atoms with van der Waals surface area (Å²) in [7, 11) is 0. The molecule has 0 aromatic carbocycles. The summed E-state index contributed by atoms with van der Waals surface area (Å²) in [6.07, 6.45) is -25.5. The van der Waals surface area contributed by atoms with Crippen molar-refractivity contribution in [2.75, 3.05) is 13.2 Å². The van der Waals surface area contributed by atoms with Gasteiger partial charge >= 0.3 is 0 Å². The third-order valence-corrected chi connectivity index (χ3v) is 6.40. The molecule has 3 rings (SSSR count). The van der Waals surface area contributed by atoms with E-state index in [0.717, 1.165) is 0 Å². The molecule has 2 unspecified atom stereocenters. The average Bonchev–Trinajstić information content (AvgIpc) is 2.83. The molecule has 0 amide bonds. The number of hydrogen-bond acceptors (Lipinski definition) is 16. The molecule has 1 aliphatic carbocycles. The lowest BCUT2D eigenvalue weighted by Gasteiger charge is -2.48. The third kappa shape index (κ3) is 5.09. The highest BCUT2D eigenvalue weighted by molar-refractivity contribution is 5.01. The zero-order valence-corrected chi connectivity index (χ0v) is 17.8. The summed E-state index contributed by atoms with van der Waals surface area (Å²) < 4.78 is 21.6. The summed E-state index contributed by atoms with van der Waals surface area (Å²) in [4.78, 5) is 0. The van der Waals surface area contributed by atoms with Crippen molar-refractivity contribution in [2.24, 2.45) is 5.73 Å². The Morgan fingerprint density at radius 2 is 0.941 bits per heavy atom. The molecule has 1 saturated carbocycles. The lowest BCUT2D eigenvalue weighted by molar-refractivity contribution is -0.357. The molecule has 0 bridgehead atoms. The van der Waals surface area contributed by atoms with Crippen molar-refractivity contribution in [2.45, 2.75) is 98.0 Å². The van der Waals surface area contributed by atoms with Crippen molar-refractivity contribution in [1.82, 2.24) is 0 Å². The quantitative estimate of drug-likeness (QED) is 0.160.